The third-order valence-electron chi connectivity index (χ3n) is 2.37. The Morgan fingerprint density at radius 3 is 2.93 bits per heavy atom. The maximum atomic E-state index is 10.7. The molecule has 0 bridgehead atoms. The van der Waals surface area contributed by atoms with Crippen molar-refractivity contribution in [1.82, 2.24) is 4.90 Å². The first-order chi connectivity index (χ1) is 6.72. The Morgan fingerprint density at radius 1 is 1.50 bits per heavy atom. The van der Waals surface area contributed by atoms with E-state index in [0.29, 0.717) is 18.7 Å². The van der Waals surface area contributed by atoms with Gasteiger partial charge in [0.15, 0.2) is 0 Å². The van der Waals surface area contributed by atoms with E-state index in [1.807, 2.05) is 6.07 Å². The molecule has 1 aromatic rings. The van der Waals surface area contributed by atoms with Crippen molar-refractivity contribution in [2.45, 2.75) is 13.1 Å². The smallest absolute Gasteiger partial charge is 0.407 e. The summed E-state index contributed by atoms with van der Waals surface area (Å²) in [6, 6.07) is 7.42. The number of hydrogen-bond acceptors (Lipinski definition) is 2. The molecule has 0 fully saturated rings. The zero-order valence-electron chi connectivity index (χ0n) is 7.40. The molecule has 0 atom stereocenters. The summed E-state index contributed by atoms with van der Waals surface area (Å²) in [6.07, 6.45) is -0.940. The van der Waals surface area contributed by atoms with Gasteiger partial charge in [0, 0.05) is 6.54 Å². The molecule has 4 nitrogen and oxygen atoms in total. The van der Waals surface area contributed by atoms with Crippen LogP contribution >= 0.6 is 0 Å². The van der Waals surface area contributed by atoms with Crippen LogP contribution in [0.4, 0.5) is 4.79 Å². The van der Waals surface area contributed by atoms with E-state index in [0.717, 1.165) is 11.1 Å². The zero-order chi connectivity index (χ0) is 10.1. The molecule has 70 valence electrons. The van der Waals surface area contributed by atoms with E-state index in [9.17, 15) is 4.79 Å². The van der Waals surface area contributed by atoms with Crippen LogP contribution in [-0.2, 0) is 13.1 Å². The van der Waals surface area contributed by atoms with Gasteiger partial charge in [-0.15, -0.1) is 0 Å². The highest BCUT2D eigenvalue weighted by atomic mass is 16.4. The molecule has 0 saturated carbocycles. The van der Waals surface area contributed by atoms with Crippen molar-refractivity contribution >= 4 is 6.09 Å². The van der Waals surface area contributed by atoms with Gasteiger partial charge in [-0.05, 0) is 17.2 Å². The van der Waals surface area contributed by atoms with Crippen molar-refractivity contribution in [2.75, 3.05) is 0 Å². The molecular formula is C10H8N2O2. The summed E-state index contributed by atoms with van der Waals surface area (Å²) in [7, 11) is 0. The molecule has 4 heteroatoms. The molecule has 1 aromatic carbocycles. The van der Waals surface area contributed by atoms with E-state index in [4.69, 9.17) is 10.4 Å². The van der Waals surface area contributed by atoms with Gasteiger partial charge in [0.25, 0.3) is 0 Å². The molecular weight excluding hydrogens is 180 g/mol. The number of carboxylic acid groups (broad SMARTS) is 1. The van der Waals surface area contributed by atoms with E-state index in [-0.39, 0.29) is 0 Å². The van der Waals surface area contributed by atoms with Gasteiger partial charge in [-0.2, -0.15) is 5.26 Å². The summed E-state index contributed by atoms with van der Waals surface area (Å²) in [5.41, 5.74) is 2.36. The van der Waals surface area contributed by atoms with E-state index >= 15 is 0 Å². The zero-order valence-corrected chi connectivity index (χ0v) is 7.40. The lowest BCUT2D eigenvalue weighted by molar-refractivity contribution is 0.145. The SMILES string of the molecule is N#Cc1cccc2c1CN(C(=O)O)C2. The molecule has 1 heterocycles. The number of fused-ring (bicyclic) bond motifs is 1. The van der Waals surface area contributed by atoms with E-state index < -0.39 is 6.09 Å². The first kappa shape index (κ1) is 8.57. The third kappa shape index (κ3) is 1.19. The van der Waals surface area contributed by atoms with Crippen LogP contribution in [0.3, 0.4) is 0 Å². The second kappa shape index (κ2) is 3.04. The normalized spacial score (nSPS) is 13.5. The van der Waals surface area contributed by atoms with Crippen molar-refractivity contribution in [1.29, 1.82) is 5.26 Å². The van der Waals surface area contributed by atoms with Crippen LogP contribution < -0.4 is 0 Å². The second-order valence-electron chi connectivity index (χ2n) is 3.19. The van der Waals surface area contributed by atoms with Crippen molar-refractivity contribution < 1.29 is 9.90 Å². The number of amides is 1. The summed E-state index contributed by atoms with van der Waals surface area (Å²) in [5.74, 6) is 0. The van der Waals surface area contributed by atoms with E-state index in [1.165, 1.54) is 4.90 Å². The van der Waals surface area contributed by atoms with Crippen LogP contribution in [0.15, 0.2) is 18.2 Å². The third-order valence-corrected chi connectivity index (χ3v) is 2.37. The summed E-state index contributed by atoms with van der Waals surface area (Å²) >= 11 is 0. The highest BCUT2D eigenvalue weighted by Gasteiger charge is 2.24. The summed E-state index contributed by atoms with van der Waals surface area (Å²) in [4.78, 5) is 12.0. The molecule has 0 aromatic heterocycles. The molecule has 0 unspecified atom stereocenters. The average Bonchev–Trinajstić information content (AvgIpc) is 2.60. The highest BCUT2D eigenvalue weighted by molar-refractivity contribution is 5.67. The monoisotopic (exact) mass is 188 g/mol. The van der Waals surface area contributed by atoms with Crippen molar-refractivity contribution in [2.24, 2.45) is 0 Å². The number of hydrogen-bond donors (Lipinski definition) is 1. The van der Waals surface area contributed by atoms with Crippen LogP contribution in [0.25, 0.3) is 0 Å². The minimum atomic E-state index is -0.940. The Balaban J connectivity index is 2.40. The fourth-order valence-corrected chi connectivity index (χ4v) is 1.66. The predicted molar refractivity (Wildman–Crippen MR) is 48.4 cm³/mol. The minimum absolute atomic E-state index is 0.328. The molecule has 1 N–H and O–H groups in total. The van der Waals surface area contributed by atoms with Crippen LogP contribution in [0, 0.1) is 11.3 Å². The number of benzene rings is 1. The van der Waals surface area contributed by atoms with E-state index in [2.05, 4.69) is 6.07 Å². The molecule has 2 rings (SSSR count). The van der Waals surface area contributed by atoms with Crippen molar-refractivity contribution in [3.05, 3.63) is 34.9 Å². The van der Waals surface area contributed by atoms with Gasteiger partial charge in [0.2, 0.25) is 0 Å². The van der Waals surface area contributed by atoms with Crippen LogP contribution in [-0.4, -0.2) is 16.1 Å². The molecule has 0 radical (unpaired) electrons. The first-order valence-electron chi connectivity index (χ1n) is 4.21. The first-order valence-corrected chi connectivity index (χ1v) is 4.21. The maximum absolute atomic E-state index is 10.7. The Kier molecular flexibility index (Phi) is 1.86. The van der Waals surface area contributed by atoms with Gasteiger partial charge in [-0.3, -0.25) is 4.90 Å². The lowest BCUT2D eigenvalue weighted by Gasteiger charge is -2.08. The summed E-state index contributed by atoms with van der Waals surface area (Å²) in [6.45, 7) is 0.717. The fraction of sp³-hybridized carbons (Fsp3) is 0.200. The van der Waals surface area contributed by atoms with Crippen LogP contribution in [0.5, 0.6) is 0 Å². The Bertz CT molecular complexity index is 434. The van der Waals surface area contributed by atoms with Gasteiger partial charge in [-0.1, -0.05) is 12.1 Å². The maximum Gasteiger partial charge on any atom is 0.407 e. The molecule has 1 aliphatic rings. The number of nitrogens with zero attached hydrogens (tertiary/aromatic N) is 2. The molecule has 0 saturated heterocycles. The van der Waals surface area contributed by atoms with Gasteiger partial charge in [0.1, 0.15) is 0 Å². The Labute approximate surface area is 81.0 Å². The van der Waals surface area contributed by atoms with Crippen LogP contribution in [0.1, 0.15) is 16.7 Å². The lowest BCUT2D eigenvalue weighted by atomic mass is 10.1. The Morgan fingerprint density at radius 2 is 2.29 bits per heavy atom. The van der Waals surface area contributed by atoms with Crippen molar-refractivity contribution in [3.63, 3.8) is 0 Å². The number of rotatable bonds is 0. The summed E-state index contributed by atoms with van der Waals surface area (Å²) in [5, 5.41) is 17.6. The quantitative estimate of drug-likeness (QED) is 0.671. The van der Waals surface area contributed by atoms with Crippen LogP contribution in [0.2, 0.25) is 0 Å². The highest BCUT2D eigenvalue weighted by Crippen LogP contribution is 2.25. The number of carbonyl (C=O) groups is 1. The summed E-state index contributed by atoms with van der Waals surface area (Å²) < 4.78 is 0. The van der Waals surface area contributed by atoms with Gasteiger partial charge in [-0.25, -0.2) is 4.79 Å². The lowest BCUT2D eigenvalue weighted by Crippen LogP contribution is -2.22. The van der Waals surface area contributed by atoms with Gasteiger partial charge >= 0.3 is 6.09 Å². The predicted octanol–water partition coefficient (Wildman–Crippen LogP) is 1.55. The standard InChI is InChI=1S/C10H8N2O2/c11-4-7-2-1-3-8-5-12(10(13)14)6-9(7)8/h1-3H,5-6H2,(H,13,14). The number of nitriles is 1. The van der Waals surface area contributed by atoms with E-state index in [1.54, 1.807) is 12.1 Å². The molecule has 1 aliphatic heterocycles. The largest absolute Gasteiger partial charge is 0.465 e. The average molecular weight is 188 g/mol. The molecule has 0 spiro atoms. The second-order valence-corrected chi connectivity index (χ2v) is 3.19. The van der Waals surface area contributed by atoms with Gasteiger partial charge in [0.05, 0.1) is 18.2 Å². The molecule has 14 heavy (non-hydrogen) atoms. The fourth-order valence-electron chi connectivity index (χ4n) is 1.66. The van der Waals surface area contributed by atoms with Crippen molar-refractivity contribution in [3.8, 4) is 6.07 Å². The van der Waals surface area contributed by atoms with Gasteiger partial charge < -0.3 is 5.11 Å². The molecule has 0 aliphatic carbocycles. The topological polar surface area (TPSA) is 64.3 Å². The Hall–Kier alpha value is -2.02. The minimum Gasteiger partial charge on any atom is -0.465 e. The molecule has 1 amide bonds.